The summed E-state index contributed by atoms with van der Waals surface area (Å²) in [6.07, 6.45) is 4.76. The van der Waals surface area contributed by atoms with E-state index in [9.17, 15) is 0 Å². The number of aromatic nitrogens is 2. The van der Waals surface area contributed by atoms with E-state index in [1.165, 1.54) is 12.8 Å². The average molecular weight is 250 g/mol. The van der Waals surface area contributed by atoms with Crippen LogP contribution >= 0.6 is 11.6 Å². The summed E-state index contributed by atoms with van der Waals surface area (Å²) in [6, 6.07) is 8.06. The molecule has 0 atom stereocenters. The van der Waals surface area contributed by atoms with Gasteiger partial charge in [-0.3, -0.25) is 0 Å². The first-order valence-corrected chi connectivity index (χ1v) is 6.64. The second-order valence-electron chi connectivity index (χ2n) is 4.85. The molecule has 0 saturated heterocycles. The molecule has 17 heavy (non-hydrogen) atoms. The maximum absolute atomic E-state index is 6.11. The molecule has 1 aliphatic carbocycles. The van der Waals surface area contributed by atoms with E-state index >= 15 is 0 Å². The van der Waals surface area contributed by atoms with Crippen LogP contribution in [-0.4, -0.2) is 21.4 Å². The number of fused-ring (bicyclic) bond motifs is 1. The van der Waals surface area contributed by atoms with Gasteiger partial charge in [0.15, 0.2) is 0 Å². The molecule has 1 fully saturated rings. The van der Waals surface area contributed by atoms with Gasteiger partial charge in [-0.1, -0.05) is 25.0 Å². The van der Waals surface area contributed by atoms with Crippen molar-refractivity contribution in [2.24, 2.45) is 0 Å². The van der Waals surface area contributed by atoms with Gasteiger partial charge in [-0.15, -0.1) is 11.6 Å². The molecule has 0 amide bonds. The van der Waals surface area contributed by atoms with E-state index in [4.69, 9.17) is 11.6 Å². The summed E-state index contributed by atoms with van der Waals surface area (Å²) < 4.78 is 0. The van der Waals surface area contributed by atoms with Gasteiger partial charge in [0.2, 0.25) is 5.95 Å². The molecule has 2 aromatic rings. The minimum absolute atomic E-state index is 0.0371. The van der Waals surface area contributed by atoms with Gasteiger partial charge in [-0.25, -0.2) is 4.98 Å². The summed E-state index contributed by atoms with van der Waals surface area (Å²) in [6.45, 7) is 0. The van der Waals surface area contributed by atoms with Crippen molar-refractivity contribution in [3.8, 4) is 0 Å². The fraction of sp³-hybridized carbons (Fsp3) is 0.462. The Kier molecular flexibility index (Phi) is 2.71. The largest absolute Gasteiger partial charge is 0.349 e. The highest BCUT2D eigenvalue weighted by molar-refractivity contribution is 6.18. The zero-order chi connectivity index (χ0) is 11.7. The van der Waals surface area contributed by atoms with Crippen LogP contribution in [0.4, 0.5) is 5.95 Å². The molecule has 90 valence electrons. The van der Waals surface area contributed by atoms with Crippen molar-refractivity contribution < 1.29 is 0 Å². The molecular weight excluding hydrogens is 234 g/mol. The van der Waals surface area contributed by atoms with Crippen LogP contribution in [0.25, 0.3) is 11.0 Å². The highest BCUT2D eigenvalue weighted by Crippen LogP contribution is 2.33. The molecule has 1 aromatic heterocycles. The number of rotatable bonds is 3. The van der Waals surface area contributed by atoms with Crippen molar-refractivity contribution in [1.82, 2.24) is 9.97 Å². The third-order valence-electron chi connectivity index (χ3n) is 3.59. The minimum Gasteiger partial charge on any atom is -0.349 e. The highest BCUT2D eigenvalue weighted by atomic mass is 35.5. The molecule has 1 saturated carbocycles. The van der Waals surface area contributed by atoms with Gasteiger partial charge in [0.25, 0.3) is 0 Å². The van der Waals surface area contributed by atoms with Crippen molar-refractivity contribution in [2.45, 2.75) is 31.2 Å². The summed E-state index contributed by atoms with van der Waals surface area (Å²) in [5, 5.41) is 3.49. The molecule has 0 radical (unpaired) electrons. The summed E-state index contributed by atoms with van der Waals surface area (Å²) in [7, 11) is 0. The normalized spacial score (nSPS) is 18.6. The molecule has 0 aliphatic heterocycles. The monoisotopic (exact) mass is 249 g/mol. The van der Waals surface area contributed by atoms with Gasteiger partial charge < -0.3 is 10.3 Å². The number of halogens is 1. The Morgan fingerprint density at radius 2 is 2.06 bits per heavy atom. The van der Waals surface area contributed by atoms with Crippen molar-refractivity contribution in [3.05, 3.63) is 24.3 Å². The van der Waals surface area contributed by atoms with E-state index in [1.54, 1.807) is 0 Å². The molecule has 1 aliphatic rings. The smallest absolute Gasteiger partial charge is 0.201 e. The molecule has 3 nitrogen and oxygen atoms in total. The fourth-order valence-corrected chi connectivity index (χ4v) is 2.94. The molecule has 0 spiro atoms. The second-order valence-corrected chi connectivity index (χ2v) is 5.12. The Morgan fingerprint density at radius 1 is 1.29 bits per heavy atom. The number of nitrogens with one attached hydrogen (secondary N) is 2. The number of H-pyrrole nitrogens is 1. The van der Waals surface area contributed by atoms with Crippen molar-refractivity contribution >= 4 is 28.6 Å². The standard InChI is InChI=1S/C13H16ClN3/c14-9-13(7-3-4-8-13)17-12-15-10-5-1-2-6-11(10)16-12/h1-2,5-6H,3-4,7-9H2,(H2,15,16,17). The molecule has 0 bridgehead atoms. The van der Waals surface area contributed by atoms with E-state index in [0.717, 1.165) is 29.8 Å². The summed E-state index contributed by atoms with van der Waals surface area (Å²) >= 11 is 6.11. The molecule has 0 unspecified atom stereocenters. The van der Waals surface area contributed by atoms with E-state index in [2.05, 4.69) is 15.3 Å². The van der Waals surface area contributed by atoms with Gasteiger partial charge >= 0.3 is 0 Å². The van der Waals surface area contributed by atoms with E-state index < -0.39 is 0 Å². The molecule has 1 heterocycles. The highest BCUT2D eigenvalue weighted by Gasteiger charge is 2.33. The van der Waals surface area contributed by atoms with Gasteiger partial charge in [0, 0.05) is 5.88 Å². The van der Waals surface area contributed by atoms with E-state index in [-0.39, 0.29) is 5.54 Å². The van der Waals surface area contributed by atoms with Gasteiger partial charge in [-0.2, -0.15) is 0 Å². The number of imidazole rings is 1. The van der Waals surface area contributed by atoms with Crippen LogP contribution in [0.2, 0.25) is 0 Å². The van der Waals surface area contributed by atoms with Crippen LogP contribution in [0.15, 0.2) is 24.3 Å². The second kappa shape index (κ2) is 4.22. The fourth-order valence-electron chi connectivity index (χ4n) is 2.61. The number of benzene rings is 1. The van der Waals surface area contributed by atoms with Crippen molar-refractivity contribution in [1.29, 1.82) is 0 Å². The lowest BCUT2D eigenvalue weighted by molar-refractivity contribution is 0.536. The minimum atomic E-state index is 0.0371. The number of nitrogens with zero attached hydrogens (tertiary/aromatic N) is 1. The maximum atomic E-state index is 6.11. The number of alkyl halides is 1. The Hall–Kier alpha value is -1.22. The summed E-state index contributed by atoms with van der Waals surface area (Å²) in [4.78, 5) is 7.84. The lowest BCUT2D eigenvalue weighted by Gasteiger charge is -2.27. The maximum Gasteiger partial charge on any atom is 0.201 e. The Balaban J connectivity index is 1.89. The van der Waals surface area contributed by atoms with Gasteiger partial charge in [0.05, 0.1) is 16.6 Å². The first kappa shape index (κ1) is 10.9. The zero-order valence-corrected chi connectivity index (χ0v) is 10.4. The molecular formula is C13H16ClN3. The van der Waals surface area contributed by atoms with Crippen LogP contribution in [0.1, 0.15) is 25.7 Å². The Morgan fingerprint density at radius 3 is 2.76 bits per heavy atom. The van der Waals surface area contributed by atoms with E-state index in [1.807, 2.05) is 24.3 Å². The van der Waals surface area contributed by atoms with Crippen molar-refractivity contribution in [3.63, 3.8) is 0 Å². The number of hydrogen-bond acceptors (Lipinski definition) is 2. The van der Waals surface area contributed by atoms with Crippen LogP contribution < -0.4 is 5.32 Å². The van der Waals surface area contributed by atoms with E-state index in [0.29, 0.717) is 5.88 Å². The quantitative estimate of drug-likeness (QED) is 0.817. The third-order valence-corrected chi connectivity index (χ3v) is 4.10. The number of aromatic amines is 1. The SMILES string of the molecule is ClCC1(Nc2nc3ccccc3[nH]2)CCCC1. The predicted molar refractivity (Wildman–Crippen MR) is 71.6 cm³/mol. The first-order chi connectivity index (χ1) is 8.31. The first-order valence-electron chi connectivity index (χ1n) is 6.10. The Labute approximate surface area is 106 Å². The summed E-state index contributed by atoms with van der Waals surface area (Å²) in [5.41, 5.74) is 2.10. The molecule has 3 rings (SSSR count). The topological polar surface area (TPSA) is 40.7 Å². The van der Waals surface area contributed by atoms with Crippen LogP contribution in [0, 0.1) is 0 Å². The lowest BCUT2D eigenvalue weighted by Crippen LogP contribution is -2.37. The van der Waals surface area contributed by atoms with Crippen LogP contribution in [-0.2, 0) is 0 Å². The summed E-state index contributed by atoms with van der Waals surface area (Å²) in [5.74, 6) is 1.48. The van der Waals surface area contributed by atoms with Crippen LogP contribution in [0.3, 0.4) is 0 Å². The number of hydrogen-bond donors (Lipinski definition) is 2. The van der Waals surface area contributed by atoms with Crippen molar-refractivity contribution in [2.75, 3.05) is 11.2 Å². The number of para-hydroxylation sites is 2. The number of anilines is 1. The molecule has 1 aromatic carbocycles. The lowest BCUT2D eigenvalue weighted by atomic mass is 10.0. The molecule has 2 N–H and O–H groups in total. The predicted octanol–water partition coefficient (Wildman–Crippen LogP) is 3.53. The van der Waals surface area contributed by atoms with Crippen LogP contribution in [0.5, 0.6) is 0 Å². The Bertz CT molecular complexity index is 481. The van der Waals surface area contributed by atoms with Gasteiger partial charge in [-0.05, 0) is 25.0 Å². The average Bonchev–Trinajstić information content (AvgIpc) is 2.95. The molecule has 4 heteroatoms. The zero-order valence-electron chi connectivity index (χ0n) is 9.67. The third kappa shape index (κ3) is 2.00. The van der Waals surface area contributed by atoms with Gasteiger partial charge in [0.1, 0.15) is 0 Å².